The van der Waals surface area contributed by atoms with Crippen LogP contribution in [0.3, 0.4) is 0 Å². The van der Waals surface area contributed by atoms with Crippen LogP contribution in [0.4, 0.5) is 11.4 Å². The fourth-order valence-corrected chi connectivity index (χ4v) is 3.12. The average Bonchev–Trinajstić information content (AvgIpc) is 2.74. The van der Waals surface area contributed by atoms with Gasteiger partial charge in [-0.25, -0.2) is 0 Å². The molecule has 3 rings (SSSR count). The zero-order chi connectivity index (χ0) is 20.6. The van der Waals surface area contributed by atoms with Gasteiger partial charge in [-0.1, -0.05) is 23.9 Å². The molecule has 0 aliphatic carbocycles. The van der Waals surface area contributed by atoms with E-state index in [1.807, 2.05) is 37.3 Å². The summed E-state index contributed by atoms with van der Waals surface area (Å²) in [5.41, 5.74) is 1.64. The van der Waals surface area contributed by atoms with Crippen LogP contribution in [0.25, 0.3) is 11.3 Å². The van der Waals surface area contributed by atoms with Crippen molar-refractivity contribution in [3.05, 3.63) is 70.8 Å². The number of carbonyl (C=O) groups is 1. The molecule has 0 bridgehead atoms. The standard InChI is InChI=1S/C20H18N4O4S/c1-2-28-15-9-7-14(8-10-15)16-11-12-20(23-22-16)29-13-19(25)21-17-5-3-4-6-18(17)24(26)27/h3-12H,2,13H2,1H3,(H,21,25). The van der Waals surface area contributed by atoms with E-state index in [1.54, 1.807) is 18.2 Å². The number of thioether (sulfide) groups is 1. The molecule has 148 valence electrons. The number of rotatable bonds is 8. The van der Waals surface area contributed by atoms with Crippen LogP contribution in [0.1, 0.15) is 6.92 Å². The van der Waals surface area contributed by atoms with Crippen LogP contribution >= 0.6 is 11.8 Å². The molecule has 1 aromatic heterocycles. The third-order valence-electron chi connectivity index (χ3n) is 3.83. The molecule has 8 nitrogen and oxygen atoms in total. The van der Waals surface area contributed by atoms with Gasteiger partial charge in [-0.3, -0.25) is 14.9 Å². The Morgan fingerprint density at radius 1 is 1.10 bits per heavy atom. The minimum Gasteiger partial charge on any atom is -0.494 e. The van der Waals surface area contributed by atoms with Crippen molar-refractivity contribution in [2.45, 2.75) is 11.9 Å². The number of ether oxygens (including phenoxy) is 1. The Kier molecular flexibility index (Phi) is 6.75. The highest BCUT2D eigenvalue weighted by Gasteiger charge is 2.15. The van der Waals surface area contributed by atoms with E-state index in [4.69, 9.17) is 4.74 Å². The highest BCUT2D eigenvalue weighted by molar-refractivity contribution is 7.99. The summed E-state index contributed by atoms with van der Waals surface area (Å²) in [6.45, 7) is 2.54. The van der Waals surface area contributed by atoms with Gasteiger partial charge in [0.25, 0.3) is 5.69 Å². The number of anilines is 1. The van der Waals surface area contributed by atoms with Gasteiger partial charge in [-0.15, -0.1) is 10.2 Å². The van der Waals surface area contributed by atoms with Crippen LogP contribution < -0.4 is 10.1 Å². The van der Waals surface area contributed by atoms with Gasteiger partial charge in [-0.2, -0.15) is 0 Å². The number of nitro groups is 1. The molecule has 2 aromatic carbocycles. The van der Waals surface area contributed by atoms with Gasteiger partial charge in [0.15, 0.2) is 0 Å². The van der Waals surface area contributed by atoms with Crippen LogP contribution in [0.2, 0.25) is 0 Å². The van der Waals surface area contributed by atoms with Crippen LogP contribution in [-0.2, 0) is 4.79 Å². The van der Waals surface area contributed by atoms with E-state index < -0.39 is 4.92 Å². The highest BCUT2D eigenvalue weighted by Crippen LogP contribution is 2.25. The molecule has 0 atom stereocenters. The summed E-state index contributed by atoms with van der Waals surface area (Å²) in [4.78, 5) is 22.6. The Morgan fingerprint density at radius 3 is 2.52 bits per heavy atom. The van der Waals surface area contributed by atoms with Crippen molar-refractivity contribution in [1.29, 1.82) is 0 Å². The van der Waals surface area contributed by atoms with Crippen molar-refractivity contribution >= 4 is 29.0 Å². The lowest BCUT2D eigenvalue weighted by Crippen LogP contribution is -2.15. The maximum Gasteiger partial charge on any atom is 0.292 e. The first-order valence-corrected chi connectivity index (χ1v) is 9.78. The summed E-state index contributed by atoms with van der Waals surface area (Å²) in [6.07, 6.45) is 0. The topological polar surface area (TPSA) is 107 Å². The molecule has 0 fully saturated rings. The number of nitrogens with zero attached hydrogens (tertiary/aromatic N) is 3. The molecule has 0 aliphatic rings. The monoisotopic (exact) mass is 410 g/mol. The number of amides is 1. The number of hydrogen-bond donors (Lipinski definition) is 1. The zero-order valence-corrected chi connectivity index (χ0v) is 16.4. The van der Waals surface area contributed by atoms with E-state index in [2.05, 4.69) is 15.5 Å². The molecule has 0 radical (unpaired) electrons. The van der Waals surface area contributed by atoms with E-state index in [-0.39, 0.29) is 23.0 Å². The molecule has 0 saturated heterocycles. The number of benzene rings is 2. The minimum absolute atomic E-state index is 0.0587. The van der Waals surface area contributed by atoms with Crippen molar-refractivity contribution < 1.29 is 14.5 Å². The minimum atomic E-state index is -0.534. The molecule has 9 heteroatoms. The summed E-state index contributed by atoms with van der Waals surface area (Å²) >= 11 is 1.20. The molecule has 0 spiro atoms. The van der Waals surface area contributed by atoms with Gasteiger partial charge in [0.1, 0.15) is 16.5 Å². The average molecular weight is 410 g/mol. The number of aromatic nitrogens is 2. The quantitative estimate of drug-likeness (QED) is 0.337. The van der Waals surface area contributed by atoms with Crippen molar-refractivity contribution in [2.75, 3.05) is 17.7 Å². The van der Waals surface area contributed by atoms with Gasteiger partial charge >= 0.3 is 0 Å². The molecule has 1 N–H and O–H groups in total. The second-order valence-corrected chi connectivity index (χ2v) is 6.82. The Hall–Kier alpha value is -3.46. The number of para-hydroxylation sites is 2. The summed E-state index contributed by atoms with van der Waals surface area (Å²) in [7, 11) is 0. The molecule has 0 saturated carbocycles. The van der Waals surface area contributed by atoms with Crippen LogP contribution in [0, 0.1) is 10.1 Å². The third kappa shape index (κ3) is 5.52. The fourth-order valence-electron chi connectivity index (χ4n) is 2.50. The number of carbonyl (C=O) groups excluding carboxylic acids is 1. The first-order valence-electron chi connectivity index (χ1n) is 8.80. The molecule has 0 aliphatic heterocycles. The van der Waals surface area contributed by atoms with Crippen molar-refractivity contribution in [1.82, 2.24) is 10.2 Å². The Morgan fingerprint density at radius 2 is 1.86 bits per heavy atom. The maximum atomic E-state index is 12.1. The molecule has 1 heterocycles. The van der Waals surface area contributed by atoms with Crippen molar-refractivity contribution in [3.8, 4) is 17.0 Å². The fraction of sp³-hybridized carbons (Fsp3) is 0.150. The Balaban J connectivity index is 1.57. The summed E-state index contributed by atoms with van der Waals surface area (Å²) in [5, 5.41) is 22.5. The Labute approximate surface area is 171 Å². The van der Waals surface area contributed by atoms with E-state index >= 15 is 0 Å². The molecular formula is C20H18N4O4S. The van der Waals surface area contributed by atoms with Crippen LogP contribution in [-0.4, -0.2) is 33.4 Å². The lowest BCUT2D eigenvalue weighted by atomic mass is 10.1. The lowest BCUT2D eigenvalue weighted by Gasteiger charge is -2.06. The zero-order valence-electron chi connectivity index (χ0n) is 15.6. The predicted octanol–water partition coefficient (Wildman–Crippen LogP) is 4.18. The van der Waals surface area contributed by atoms with Gasteiger partial charge < -0.3 is 10.1 Å². The predicted molar refractivity (Wildman–Crippen MR) is 111 cm³/mol. The van der Waals surface area contributed by atoms with E-state index in [0.29, 0.717) is 17.3 Å². The summed E-state index contributed by atoms with van der Waals surface area (Å²) in [6, 6.07) is 17.2. The Bertz CT molecular complexity index is 994. The lowest BCUT2D eigenvalue weighted by molar-refractivity contribution is -0.383. The van der Waals surface area contributed by atoms with Gasteiger partial charge in [0, 0.05) is 11.6 Å². The first-order chi connectivity index (χ1) is 14.1. The summed E-state index contributed by atoms with van der Waals surface area (Å²) in [5.74, 6) is 0.492. The second kappa shape index (κ2) is 9.65. The van der Waals surface area contributed by atoms with Crippen molar-refractivity contribution in [2.24, 2.45) is 0 Å². The first kappa shape index (κ1) is 20.3. The van der Waals surface area contributed by atoms with Gasteiger partial charge in [0.05, 0.1) is 23.0 Å². The maximum absolute atomic E-state index is 12.1. The smallest absolute Gasteiger partial charge is 0.292 e. The molecule has 3 aromatic rings. The second-order valence-electron chi connectivity index (χ2n) is 5.83. The van der Waals surface area contributed by atoms with Gasteiger partial charge in [-0.05, 0) is 49.4 Å². The van der Waals surface area contributed by atoms with E-state index in [1.165, 1.54) is 23.9 Å². The number of hydrogen-bond acceptors (Lipinski definition) is 7. The molecule has 1 amide bonds. The highest BCUT2D eigenvalue weighted by atomic mass is 32.2. The normalized spacial score (nSPS) is 10.4. The number of nitrogens with one attached hydrogen (secondary N) is 1. The molecule has 29 heavy (non-hydrogen) atoms. The van der Waals surface area contributed by atoms with E-state index in [9.17, 15) is 14.9 Å². The molecular weight excluding hydrogens is 392 g/mol. The largest absolute Gasteiger partial charge is 0.494 e. The van der Waals surface area contributed by atoms with Crippen LogP contribution in [0.5, 0.6) is 5.75 Å². The SMILES string of the molecule is CCOc1ccc(-c2ccc(SCC(=O)Nc3ccccc3[N+](=O)[O-])nn2)cc1. The van der Waals surface area contributed by atoms with E-state index in [0.717, 1.165) is 11.3 Å². The third-order valence-corrected chi connectivity index (χ3v) is 4.75. The molecule has 0 unspecified atom stereocenters. The summed E-state index contributed by atoms with van der Waals surface area (Å²) < 4.78 is 5.42. The van der Waals surface area contributed by atoms with Crippen LogP contribution in [0.15, 0.2) is 65.7 Å². The van der Waals surface area contributed by atoms with Crippen molar-refractivity contribution in [3.63, 3.8) is 0 Å². The van der Waals surface area contributed by atoms with Gasteiger partial charge in [0.2, 0.25) is 5.91 Å². The number of nitro benzene ring substituents is 1.